The zero-order valence-electron chi connectivity index (χ0n) is 24.3. The summed E-state index contributed by atoms with van der Waals surface area (Å²) in [5.41, 5.74) is 1.93. The Bertz CT molecular complexity index is 838. The van der Waals surface area contributed by atoms with Crippen LogP contribution in [0.3, 0.4) is 0 Å². The highest BCUT2D eigenvalue weighted by molar-refractivity contribution is 7.99. The van der Waals surface area contributed by atoms with Crippen LogP contribution >= 0.6 is 11.8 Å². The van der Waals surface area contributed by atoms with E-state index in [0.29, 0.717) is 0 Å². The second-order valence-corrected chi connectivity index (χ2v) is 12.8. The topological polar surface area (TPSA) is 36.9 Å². The van der Waals surface area contributed by atoms with Crippen LogP contribution in [0.5, 0.6) is 0 Å². The zero-order chi connectivity index (χ0) is 27.2. The monoisotopic (exact) mass is 554 g/mol. The molecule has 2 fully saturated rings. The van der Waals surface area contributed by atoms with Gasteiger partial charge in [0.05, 0.1) is 11.2 Å². The summed E-state index contributed by atoms with van der Waals surface area (Å²) < 4.78 is 25.1. The van der Waals surface area contributed by atoms with E-state index in [1.165, 1.54) is 48.3 Å². The van der Waals surface area contributed by atoms with Crippen molar-refractivity contribution in [1.29, 1.82) is 0 Å². The molecule has 5 heteroatoms. The average Bonchev–Trinajstić information content (AvgIpc) is 2.98. The Labute approximate surface area is 241 Å². The van der Waals surface area contributed by atoms with Crippen molar-refractivity contribution in [2.45, 2.75) is 115 Å². The second-order valence-electron chi connectivity index (χ2n) is 11.5. The summed E-state index contributed by atoms with van der Waals surface area (Å²) in [6.07, 6.45) is 13.3. The molecule has 0 aliphatic carbocycles. The molecule has 2 saturated heterocycles. The Morgan fingerprint density at radius 1 is 0.641 bits per heavy atom. The van der Waals surface area contributed by atoms with Crippen LogP contribution in [-0.4, -0.2) is 37.3 Å². The van der Waals surface area contributed by atoms with E-state index in [2.05, 4.69) is 86.3 Å². The van der Waals surface area contributed by atoms with Gasteiger partial charge in [-0.2, -0.15) is 11.8 Å². The molecule has 0 amide bonds. The minimum atomic E-state index is -0.294. The summed E-state index contributed by atoms with van der Waals surface area (Å²) in [5.74, 6) is 2.40. The predicted molar refractivity (Wildman–Crippen MR) is 162 cm³/mol. The largest absolute Gasteiger partial charge is 0.353 e. The van der Waals surface area contributed by atoms with Crippen LogP contribution in [0.15, 0.2) is 60.7 Å². The smallest absolute Gasteiger partial charge is 0.158 e. The number of unbranched alkanes of at least 4 members (excludes halogenated alkanes) is 2. The van der Waals surface area contributed by atoms with Crippen LogP contribution in [0.4, 0.5) is 0 Å². The molecular weight excluding hydrogens is 504 g/mol. The maximum atomic E-state index is 6.60. The third-order valence-electron chi connectivity index (χ3n) is 8.21. The van der Waals surface area contributed by atoms with Crippen molar-refractivity contribution in [1.82, 2.24) is 0 Å². The summed E-state index contributed by atoms with van der Waals surface area (Å²) in [7, 11) is 0. The van der Waals surface area contributed by atoms with Crippen LogP contribution < -0.4 is 0 Å². The molecule has 2 heterocycles. The average molecular weight is 555 g/mol. The first kappa shape index (κ1) is 30.6. The fraction of sp³-hybridized carbons (Fsp3) is 0.647. The molecule has 0 N–H and O–H groups in total. The lowest BCUT2D eigenvalue weighted by Gasteiger charge is -2.36. The highest BCUT2D eigenvalue weighted by atomic mass is 32.2. The number of thioether (sulfide) groups is 1. The lowest BCUT2D eigenvalue weighted by molar-refractivity contribution is -0.227. The van der Waals surface area contributed by atoms with E-state index in [1.54, 1.807) is 0 Å². The third-order valence-corrected chi connectivity index (χ3v) is 9.37. The van der Waals surface area contributed by atoms with Gasteiger partial charge in [-0.1, -0.05) is 60.7 Å². The zero-order valence-corrected chi connectivity index (χ0v) is 25.1. The fourth-order valence-corrected chi connectivity index (χ4v) is 6.77. The van der Waals surface area contributed by atoms with Crippen LogP contribution in [0.1, 0.15) is 102 Å². The summed E-state index contributed by atoms with van der Waals surface area (Å²) in [4.78, 5) is 0. The van der Waals surface area contributed by atoms with Gasteiger partial charge in [0.15, 0.2) is 12.6 Å². The van der Waals surface area contributed by atoms with Crippen molar-refractivity contribution >= 4 is 11.8 Å². The van der Waals surface area contributed by atoms with E-state index < -0.39 is 0 Å². The molecule has 4 unspecified atom stereocenters. The normalized spacial score (nSPS) is 23.1. The summed E-state index contributed by atoms with van der Waals surface area (Å²) in [6.45, 7) is 6.13. The Morgan fingerprint density at radius 2 is 1.08 bits per heavy atom. The van der Waals surface area contributed by atoms with Gasteiger partial charge in [-0.05, 0) is 114 Å². The Hall–Kier alpha value is -1.37. The van der Waals surface area contributed by atoms with E-state index in [4.69, 9.17) is 18.9 Å². The van der Waals surface area contributed by atoms with Gasteiger partial charge in [0.25, 0.3) is 0 Å². The van der Waals surface area contributed by atoms with Gasteiger partial charge in [-0.15, -0.1) is 0 Å². The minimum Gasteiger partial charge on any atom is -0.353 e. The van der Waals surface area contributed by atoms with Gasteiger partial charge < -0.3 is 18.9 Å². The Balaban J connectivity index is 1.16. The van der Waals surface area contributed by atoms with Crippen LogP contribution in [0.2, 0.25) is 0 Å². The summed E-state index contributed by atoms with van der Waals surface area (Å²) in [5, 5.41) is 0. The SMILES string of the molecule is CC(CCCCSCCCCC(C)(OC1CCCCO1)c1ccccc1)(OC1CCCCO1)c1ccccc1. The third kappa shape index (κ3) is 9.89. The maximum absolute atomic E-state index is 6.60. The number of rotatable bonds is 16. The van der Waals surface area contributed by atoms with Gasteiger partial charge in [-0.3, -0.25) is 0 Å². The van der Waals surface area contributed by atoms with Gasteiger partial charge in [0, 0.05) is 13.2 Å². The minimum absolute atomic E-state index is 0.0754. The Morgan fingerprint density at radius 3 is 1.46 bits per heavy atom. The molecule has 2 aliphatic heterocycles. The van der Waals surface area contributed by atoms with Crippen molar-refractivity contribution in [3.05, 3.63) is 71.8 Å². The molecule has 39 heavy (non-hydrogen) atoms. The van der Waals surface area contributed by atoms with Gasteiger partial charge in [-0.25, -0.2) is 0 Å². The van der Waals surface area contributed by atoms with Crippen molar-refractivity contribution in [2.75, 3.05) is 24.7 Å². The highest BCUT2D eigenvalue weighted by Gasteiger charge is 2.33. The molecule has 0 saturated carbocycles. The molecule has 0 aromatic heterocycles. The van der Waals surface area contributed by atoms with Crippen LogP contribution in [0.25, 0.3) is 0 Å². The summed E-state index contributed by atoms with van der Waals surface area (Å²) >= 11 is 2.09. The van der Waals surface area contributed by atoms with Crippen molar-refractivity contribution in [2.24, 2.45) is 0 Å². The standard InChI is InChI=1S/C34H50O4S/c1-33(29-17-5-3-6-18-29,37-31-21-9-13-25-35-31)23-11-15-27-39-28-16-12-24-34(2,30-19-7-4-8-20-30)38-32-22-10-14-26-36-32/h3-8,17-20,31-32H,9-16,21-28H2,1-2H3. The lowest BCUT2D eigenvalue weighted by Crippen LogP contribution is -2.34. The van der Waals surface area contributed by atoms with E-state index >= 15 is 0 Å². The van der Waals surface area contributed by atoms with E-state index in [-0.39, 0.29) is 23.8 Å². The van der Waals surface area contributed by atoms with Gasteiger partial charge >= 0.3 is 0 Å². The number of benzene rings is 2. The van der Waals surface area contributed by atoms with Gasteiger partial charge in [0.1, 0.15) is 0 Å². The molecule has 0 spiro atoms. The number of ether oxygens (including phenoxy) is 4. The van der Waals surface area contributed by atoms with Crippen molar-refractivity contribution in [3.8, 4) is 0 Å². The fourth-order valence-electron chi connectivity index (χ4n) is 5.75. The molecule has 2 aliphatic rings. The molecule has 0 bridgehead atoms. The quantitative estimate of drug-likeness (QED) is 0.194. The highest BCUT2D eigenvalue weighted by Crippen LogP contribution is 2.36. The molecule has 4 nitrogen and oxygen atoms in total. The molecule has 4 rings (SSSR count). The van der Waals surface area contributed by atoms with Crippen molar-refractivity contribution < 1.29 is 18.9 Å². The lowest BCUT2D eigenvalue weighted by atomic mass is 9.90. The first-order chi connectivity index (χ1) is 19.1. The van der Waals surface area contributed by atoms with Crippen molar-refractivity contribution in [3.63, 3.8) is 0 Å². The molecule has 2 aromatic rings. The number of hydrogen-bond acceptors (Lipinski definition) is 5. The van der Waals surface area contributed by atoms with E-state index in [1.807, 2.05) is 0 Å². The Kier molecular flexibility index (Phi) is 12.7. The van der Waals surface area contributed by atoms with E-state index in [9.17, 15) is 0 Å². The second kappa shape index (κ2) is 16.2. The summed E-state index contributed by atoms with van der Waals surface area (Å²) in [6, 6.07) is 21.4. The predicted octanol–water partition coefficient (Wildman–Crippen LogP) is 8.98. The molecule has 4 atom stereocenters. The van der Waals surface area contributed by atoms with E-state index in [0.717, 1.165) is 64.6 Å². The van der Waals surface area contributed by atoms with Crippen LogP contribution in [0, 0.1) is 0 Å². The van der Waals surface area contributed by atoms with Crippen LogP contribution in [-0.2, 0) is 30.1 Å². The molecule has 216 valence electrons. The maximum Gasteiger partial charge on any atom is 0.158 e. The van der Waals surface area contributed by atoms with Gasteiger partial charge in [0.2, 0.25) is 0 Å². The first-order valence-corrected chi connectivity index (χ1v) is 16.5. The molecule has 0 radical (unpaired) electrons. The first-order valence-electron chi connectivity index (χ1n) is 15.4. The molecular formula is C34H50O4S. The number of hydrogen-bond donors (Lipinski definition) is 0. The molecule has 2 aromatic carbocycles.